The first-order valence-corrected chi connectivity index (χ1v) is 6.67. The fraction of sp³-hybridized carbons (Fsp3) is 0.200. The summed E-state index contributed by atoms with van der Waals surface area (Å²) in [6.07, 6.45) is -3.70. The Labute approximate surface area is 129 Å². The number of benzene rings is 1. The molecule has 2 rings (SSSR count). The van der Waals surface area contributed by atoms with Gasteiger partial charge in [0.05, 0.1) is 5.56 Å². The number of hydrogen-bond donors (Lipinski definition) is 2. The van der Waals surface area contributed by atoms with Gasteiger partial charge in [-0.1, -0.05) is 6.07 Å². The molecule has 0 spiro atoms. The van der Waals surface area contributed by atoms with E-state index in [9.17, 15) is 22.4 Å². The molecule has 0 radical (unpaired) electrons. The van der Waals surface area contributed by atoms with Crippen LogP contribution in [0.4, 0.5) is 23.4 Å². The first kappa shape index (κ1) is 16.7. The van der Waals surface area contributed by atoms with E-state index in [1.165, 1.54) is 24.3 Å². The summed E-state index contributed by atoms with van der Waals surface area (Å²) in [6.45, 7) is 0.470. The Kier molecular flexibility index (Phi) is 5.15. The topological polar surface area (TPSA) is 54.0 Å². The normalized spacial score (nSPS) is 11.1. The smallest absolute Gasteiger partial charge is 0.368 e. The second-order valence-corrected chi connectivity index (χ2v) is 4.62. The number of hydrogen-bond acceptors (Lipinski definition) is 3. The van der Waals surface area contributed by atoms with Crippen molar-refractivity contribution in [3.8, 4) is 0 Å². The molecule has 8 heteroatoms. The van der Waals surface area contributed by atoms with Crippen molar-refractivity contribution < 1.29 is 22.4 Å². The maximum atomic E-state index is 13.0. The van der Waals surface area contributed by atoms with Crippen LogP contribution in [0.5, 0.6) is 0 Å². The van der Waals surface area contributed by atoms with Gasteiger partial charge in [0.1, 0.15) is 11.6 Å². The highest BCUT2D eigenvalue weighted by Gasteiger charge is 2.30. The number of rotatable bonds is 5. The number of amides is 1. The van der Waals surface area contributed by atoms with Crippen molar-refractivity contribution in [2.75, 3.05) is 18.4 Å². The number of nitrogens with one attached hydrogen (secondary N) is 2. The van der Waals surface area contributed by atoms with Gasteiger partial charge in [0, 0.05) is 24.8 Å². The predicted octanol–water partition coefficient (Wildman–Crippen LogP) is 3.08. The zero-order valence-corrected chi connectivity index (χ0v) is 11.8. The Morgan fingerprint density at radius 3 is 2.52 bits per heavy atom. The Bertz CT molecular complexity index is 671. The number of pyridine rings is 1. The van der Waals surface area contributed by atoms with Crippen LogP contribution in [0.2, 0.25) is 0 Å². The molecule has 1 aromatic heterocycles. The maximum Gasteiger partial charge on any atom is 0.417 e. The Balaban J connectivity index is 1.78. The average molecular weight is 327 g/mol. The maximum absolute atomic E-state index is 13.0. The molecular formula is C15H13F4N3O. The van der Waals surface area contributed by atoms with Gasteiger partial charge >= 0.3 is 6.18 Å². The van der Waals surface area contributed by atoms with Crippen LogP contribution in [0, 0.1) is 5.82 Å². The third-order valence-corrected chi connectivity index (χ3v) is 2.89. The summed E-state index contributed by atoms with van der Waals surface area (Å²) < 4.78 is 50.1. The van der Waals surface area contributed by atoms with Gasteiger partial charge in [-0.2, -0.15) is 13.2 Å². The van der Waals surface area contributed by atoms with Gasteiger partial charge in [-0.05, 0) is 30.3 Å². The minimum Gasteiger partial charge on any atom is -0.368 e. The van der Waals surface area contributed by atoms with E-state index in [0.29, 0.717) is 0 Å². The summed E-state index contributed by atoms with van der Waals surface area (Å²) >= 11 is 0. The Hall–Kier alpha value is -2.64. The fourth-order valence-corrected chi connectivity index (χ4v) is 1.76. The van der Waals surface area contributed by atoms with Crippen molar-refractivity contribution in [3.05, 3.63) is 59.5 Å². The zero-order chi connectivity index (χ0) is 16.9. The highest BCUT2D eigenvalue weighted by molar-refractivity contribution is 5.94. The van der Waals surface area contributed by atoms with Crippen molar-refractivity contribution in [2.45, 2.75) is 6.18 Å². The Morgan fingerprint density at radius 2 is 1.91 bits per heavy atom. The van der Waals surface area contributed by atoms with E-state index < -0.39 is 23.5 Å². The van der Waals surface area contributed by atoms with Gasteiger partial charge in [0.2, 0.25) is 0 Å². The predicted molar refractivity (Wildman–Crippen MR) is 76.5 cm³/mol. The van der Waals surface area contributed by atoms with E-state index in [-0.39, 0.29) is 24.5 Å². The van der Waals surface area contributed by atoms with Gasteiger partial charge in [-0.15, -0.1) is 0 Å². The lowest BCUT2D eigenvalue weighted by Gasteiger charge is -2.09. The standard InChI is InChI=1S/C15H13F4N3O/c16-12-3-1-2-10(8-12)14(23)21-7-6-20-13-5-4-11(9-22-13)15(17,18)19/h1-5,8-9H,6-7H2,(H,20,22)(H,21,23). The monoisotopic (exact) mass is 327 g/mol. The van der Waals surface area contributed by atoms with E-state index in [1.807, 2.05) is 0 Å². The van der Waals surface area contributed by atoms with Crippen molar-refractivity contribution in [3.63, 3.8) is 0 Å². The minimum absolute atomic E-state index is 0.192. The van der Waals surface area contributed by atoms with Crippen molar-refractivity contribution in [1.82, 2.24) is 10.3 Å². The molecule has 0 aliphatic rings. The largest absolute Gasteiger partial charge is 0.417 e. The molecule has 0 aliphatic heterocycles. The van der Waals surface area contributed by atoms with Crippen molar-refractivity contribution in [1.29, 1.82) is 0 Å². The second-order valence-electron chi connectivity index (χ2n) is 4.62. The molecule has 0 atom stereocenters. The molecule has 2 aromatic rings. The quantitative estimate of drug-likeness (QED) is 0.655. The van der Waals surface area contributed by atoms with Crippen LogP contribution >= 0.6 is 0 Å². The van der Waals surface area contributed by atoms with Gasteiger partial charge < -0.3 is 10.6 Å². The molecule has 0 bridgehead atoms. The van der Waals surface area contributed by atoms with E-state index in [4.69, 9.17) is 0 Å². The number of carbonyl (C=O) groups excluding carboxylic acids is 1. The lowest BCUT2D eigenvalue weighted by atomic mass is 10.2. The van der Waals surface area contributed by atoms with Crippen molar-refractivity contribution >= 4 is 11.7 Å². The van der Waals surface area contributed by atoms with Crippen LogP contribution in [-0.4, -0.2) is 24.0 Å². The Morgan fingerprint density at radius 1 is 1.13 bits per heavy atom. The number of anilines is 1. The van der Waals surface area contributed by atoms with Gasteiger partial charge in [-0.25, -0.2) is 9.37 Å². The SMILES string of the molecule is O=C(NCCNc1ccc(C(F)(F)F)cn1)c1cccc(F)c1. The number of nitrogens with zero attached hydrogens (tertiary/aromatic N) is 1. The summed E-state index contributed by atoms with van der Waals surface area (Å²) in [5.41, 5.74) is -0.639. The third-order valence-electron chi connectivity index (χ3n) is 2.89. The molecule has 0 aliphatic carbocycles. The molecule has 1 heterocycles. The van der Waals surface area contributed by atoms with Crippen molar-refractivity contribution in [2.24, 2.45) is 0 Å². The van der Waals surface area contributed by atoms with Crippen LogP contribution in [0.15, 0.2) is 42.6 Å². The molecule has 0 saturated carbocycles. The summed E-state index contributed by atoms with van der Waals surface area (Å²) in [5, 5.41) is 5.33. The average Bonchev–Trinajstić information content (AvgIpc) is 2.51. The van der Waals surface area contributed by atoms with Crippen LogP contribution in [0.1, 0.15) is 15.9 Å². The van der Waals surface area contributed by atoms with Crippen LogP contribution in [0.25, 0.3) is 0 Å². The molecule has 122 valence electrons. The molecule has 1 aromatic carbocycles. The van der Waals surface area contributed by atoms with E-state index in [1.54, 1.807) is 0 Å². The van der Waals surface area contributed by atoms with Gasteiger partial charge in [0.15, 0.2) is 0 Å². The lowest BCUT2D eigenvalue weighted by molar-refractivity contribution is -0.137. The molecule has 23 heavy (non-hydrogen) atoms. The molecule has 0 unspecified atom stereocenters. The van der Waals surface area contributed by atoms with E-state index in [0.717, 1.165) is 18.3 Å². The number of alkyl halides is 3. The zero-order valence-electron chi connectivity index (χ0n) is 11.8. The molecule has 1 amide bonds. The van der Waals surface area contributed by atoms with Crippen LogP contribution in [-0.2, 0) is 6.18 Å². The molecule has 2 N–H and O–H groups in total. The fourth-order valence-electron chi connectivity index (χ4n) is 1.76. The number of aromatic nitrogens is 1. The summed E-state index contributed by atoms with van der Waals surface area (Å²) in [7, 11) is 0. The van der Waals surface area contributed by atoms with Crippen LogP contribution < -0.4 is 10.6 Å². The summed E-state index contributed by atoms with van der Waals surface area (Å²) in [4.78, 5) is 15.4. The molecule has 0 saturated heterocycles. The molecule has 4 nitrogen and oxygen atoms in total. The van der Waals surface area contributed by atoms with Gasteiger partial charge in [-0.3, -0.25) is 4.79 Å². The number of carbonyl (C=O) groups is 1. The first-order valence-electron chi connectivity index (χ1n) is 6.67. The van der Waals surface area contributed by atoms with Crippen LogP contribution in [0.3, 0.4) is 0 Å². The molecular weight excluding hydrogens is 314 g/mol. The number of halogens is 4. The molecule has 0 fully saturated rings. The van der Waals surface area contributed by atoms with E-state index in [2.05, 4.69) is 15.6 Å². The highest BCUT2D eigenvalue weighted by Crippen LogP contribution is 2.28. The third kappa shape index (κ3) is 4.94. The highest BCUT2D eigenvalue weighted by atomic mass is 19.4. The van der Waals surface area contributed by atoms with Gasteiger partial charge in [0.25, 0.3) is 5.91 Å². The summed E-state index contributed by atoms with van der Waals surface area (Å²) in [5.74, 6) is -0.686. The second kappa shape index (κ2) is 7.08. The summed E-state index contributed by atoms with van der Waals surface area (Å²) in [6, 6.07) is 7.37. The minimum atomic E-state index is -4.43. The lowest BCUT2D eigenvalue weighted by Crippen LogP contribution is -2.28. The van der Waals surface area contributed by atoms with E-state index >= 15 is 0 Å². The first-order chi connectivity index (χ1) is 10.9.